The number of carbonyl (C=O) groups excluding carboxylic acids is 2. The smallest absolute Gasteiger partial charge is 0.291 e. The van der Waals surface area contributed by atoms with Crippen LogP contribution in [-0.2, 0) is 6.42 Å². The summed E-state index contributed by atoms with van der Waals surface area (Å²) in [7, 11) is 0. The minimum atomic E-state index is -0.405. The zero-order chi connectivity index (χ0) is 22.8. The van der Waals surface area contributed by atoms with Gasteiger partial charge in [-0.1, -0.05) is 40.9 Å². The van der Waals surface area contributed by atoms with E-state index < -0.39 is 5.91 Å². The zero-order valence-corrected chi connectivity index (χ0v) is 19.2. The highest BCUT2D eigenvalue weighted by atomic mass is 35.5. The second kappa shape index (κ2) is 9.36. The summed E-state index contributed by atoms with van der Waals surface area (Å²) in [6.07, 6.45) is 2.12. The maximum atomic E-state index is 12.8. The first-order valence-corrected chi connectivity index (χ1v) is 11.0. The number of amides is 2. The lowest BCUT2D eigenvalue weighted by molar-refractivity contribution is 0.0953. The summed E-state index contributed by atoms with van der Waals surface area (Å²) in [6, 6.07) is 11.4. The highest BCUT2D eigenvalue weighted by Crippen LogP contribution is 2.31. The predicted octanol–water partition coefficient (Wildman–Crippen LogP) is 6.27. The third kappa shape index (κ3) is 4.67. The van der Waals surface area contributed by atoms with Gasteiger partial charge in [0, 0.05) is 33.8 Å². The van der Waals surface area contributed by atoms with Crippen LogP contribution < -0.4 is 10.7 Å². The Labute approximate surface area is 199 Å². The van der Waals surface area contributed by atoms with Gasteiger partial charge in [-0.25, -0.2) is 5.43 Å². The summed E-state index contributed by atoms with van der Waals surface area (Å²) >= 11 is 17.9. The van der Waals surface area contributed by atoms with E-state index in [0.29, 0.717) is 56.2 Å². The standard InChI is InChI=1S/C23H18Cl3N3O3/c1-12-20-18(28-29-22(30)13-4-2-5-14(24)10-13)6-3-7-19(20)32-21(12)23(31)27-15-8-9-16(25)17(26)11-15/h2,4-5,8-11H,3,6-7H2,1H3,(H,27,31)(H,29,30)/b28-18+. The van der Waals surface area contributed by atoms with E-state index in [2.05, 4.69) is 15.8 Å². The Morgan fingerprint density at radius 3 is 2.56 bits per heavy atom. The maximum Gasteiger partial charge on any atom is 0.291 e. The molecule has 0 spiro atoms. The van der Waals surface area contributed by atoms with Crippen LogP contribution in [0.4, 0.5) is 5.69 Å². The SMILES string of the molecule is Cc1c(C(=O)Nc2ccc(Cl)c(Cl)c2)oc2c1/C(=N/NC(=O)c1cccc(Cl)c1)CCC2. The summed E-state index contributed by atoms with van der Waals surface area (Å²) in [5, 5.41) is 8.29. The zero-order valence-electron chi connectivity index (χ0n) is 17.0. The molecule has 1 aliphatic rings. The maximum absolute atomic E-state index is 12.8. The molecule has 1 aliphatic carbocycles. The van der Waals surface area contributed by atoms with E-state index in [9.17, 15) is 9.59 Å². The minimum absolute atomic E-state index is 0.192. The first-order chi connectivity index (χ1) is 15.3. The van der Waals surface area contributed by atoms with E-state index in [1.165, 1.54) is 0 Å². The number of nitrogens with one attached hydrogen (secondary N) is 2. The molecule has 1 aromatic heterocycles. The van der Waals surface area contributed by atoms with Crippen LogP contribution in [0.5, 0.6) is 0 Å². The van der Waals surface area contributed by atoms with Crippen molar-refractivity contribution >= 4 is 58.0 Å². The minimum Gasteiger partial charge on any atom is -0.455 e. The number of halogens is 3. The van der Waals surface area contributed by atoms with Crippen molar-refractivity contribution in [2.45, 2.75) is 26.2 Å². The van der Waals surface area contributed by atoms with E-state index in [1.54, 1.807) is 49.4 Å². The topological polar surface area (TPSA) is 83.7 Å². The number of hydrazone groups is 1. The van der Waals surface area contributed by atoms with Crippen LogP contribution in [0.15, 0.2) is 52.0 Å². The van der Waals surface area contributed by atoms with Crippen molar-refractivity contribution in [2.75, 3.05) is 5.32 Å². The van der Waals surface area contributed by atoms with Gasteiger partial charge in [-0.3, -0.25) is 9.59 Å². The van der Waals surface area contributed by atoms with Crippen LogP contribution in [0.2, 0.25) is 15.1 Å². The average molecular weight is 491 g/mol. The van der Waals surface area contributed by atoms with Crippen LogP contribution in [0, 0.1) is 6.92 Å². The number of rotatable bonds is 4. The number of carbonyl (C=O) groups is 2. The van der Waals surface area contributed by atoms with Crippen molar-refractivity contribution in [1.29, 1.82) is 0 Å². The Balaban J connectivity index is 1.57. The Morgan fingerprint density at radius 1 is 1.00 bits per heavy atom. The molecule has 0 saturated heterocycles. The normalized spacial score (nSPS) is 14.2. The molecule has 2 N–H and O–H groups in total. The number of hydrogen-bond donors (Lipinski definition) is 2. The molecule has 1 heterocycles. The third-order valence-corrected chi connectivity index (χ3v) is 6.06. The summed E-state index contributed by atoms with van der Waals surface area (Å²) < 4.78 is 5.88. The quantitative estimate of drug-likeness (QED) is 0.423. The van der Waals surface area contributed by atoms with Crippen molar-refractivity contribution in [3.8, 4) is 0 Å². The summed E-state index contributed by atoms with van der Waals surface area (Å²) in [6.45, 7) is 1.80. The van der Waals surface area contributed by atoms with Gasteiger partial charge in [-0.2, -0.15) is 5.10 Å². The lowest BCUT2D eigenvalue weighted by atomic mass is 9.93. The molecule has 0 atom stereocenters. The van der Waals surface area contributed by atoms with E-state index in [1.807, 2.05) is 0 Å². The van der Waals surface area contributed by atoms with Crippen LogP contribution in [0.1, 0.15) is 50.6 Å². The Kier molecular flexibility index (Phi) is 6.55. The summed E-state index contributed by atoms with van der Waals surface area (Å²) in [5.74, 6) is 0.0871. The first kappa shape index (κ1) is 22.4. The van der Waals surface area contributed by atoms with Crippen LogP contribution in [-0.4, -0.2) is 17.5 Å². The van der Waals surface area contributed by atoms with Crippen molar-refractivity contribution in [1.82, 2.24) is 5.43 Å². The molecule has 32 heavy (non-hydrogen) atoms. The highest BCUT2D eigenvalue weighted by molar-refractivity contribution is 6.42. The van der Waals surface area contributed by atoms with Crippen molar-refractivity contribution in [3.05, 3.63) is 85.7 Å². The Hall–Kier alpha value is -2.80. The molecule has 2 aromatic carbocycles. The monoisotopic (exact) mass is 489 g/mol. The molecule has 0 radical (unpaired) electrons. The molecule has 6 nitrogen and oxygen atoms in total. The number of benzene rings is 2. The van der Waals surface area contributed by atoms with Gasteiger partial charge in [0.1, 0.15) is 5.76 Å². The number of hydrogen-bond acceptors (Lipinski definition) is 4. The van der Waals surface area contributed by atoms with Crippen LogP contribution >= 0.6 is 34.8 Å². The Morgan fingerprint density at radius 2 is 1.81 bits per heavy atom. The van der Waals surface area contributed by atoms with Crippen molar-refractivity contribution < 1.29 is 14.0 Å². The van der Waals surface area contributed by atoms with Gasteiger partial charge < -0.3 is 9.73 Å². The molecule has 164 valence electrons. The second-order valence-corrected chi connectivity index (χ2v) is 8.55. The molecule has 9 heteroatoms. The third-order valence-electron chi connectivity index (χ3n) is 5.09. The number of anilines is 1. The first-order valence-electron chi connectivity index (χ1n) is 9.85. The van der Waals surface area contributed by atoms with Crippen molar-refractivity contribution in [2.24, 2.45) is 5.10 Å². The largest absolute Gasteiger partial charge is 0.455 e. The number of furan rings is 1. The van der Waals surface area contributed by atoms with Gasteiger partial charge in [-0.05, 0) is 56.2 Å². The average Bonchev–Trinajstić information content (AvgIpc) is 3.12. The van der Waals surface area contributed by atoms with Gasteiger partial charge in [-0.15, -0.1) is 0 Å². The van der Waals surface area contributed by atoms with E-state index >= 15 is 0 Å². The fourth-order valence-electron chi connectivity index (χ4n) is 3.57. The van der Waals surface area contributed by atoms with E-state index in [0.717, 1.165) is 12.0 Å². The Bertz CT molecular complexity index is 1250. The number of fused-ring (bicyclic) bond motifs is 1. The fraction of sp³-hybridized carbons (Fsp3) is 0.174. The second-order valence-electron chi connectivity index (χ2n) is 7.30. The van der Waals surface area contributed by atoms with Gasteiger partial charge in [0.2, 0.25) is 0 Å². The van der Waals surface area contributed by atoms with Gasteiger partial charge in [0.15, 0.2) is 5.76 Å². The molecular formula is C23H18Cl3N3O3. The van der Waals surface area contributed by atoms with Crippen LogP contribution in [0.3, 0.4) is 0 Å². The molecular weight excluding hydrogens is 473 g/mol. The summed E-state index contributed by atoms with van der Waals surface area (Å²) in [5.41, 5.74) is 5.56. The molecule has 0 fully saturated rings. The molecule has 0 saturated carbocycles. The molecule has 0 bridgehead atoms. The molecule has 4 rings (SSSR count). The van der Waals surface area contributed by atoms with Crippen molar-refractivity contribution in [3.63, 3.8) is 0 Å². The lowest BCUT2D eigenvalue weighted by Gasteiger charge is -2.13. The lowest BCUT2D eigenvalue weighted by Crippen LogP contribution is -2.22. The summed E-state index contributed by atoms with van der Waals surface area (Å²) in [4.78, 5) is 25.3. The fourth-order valence-corrected chi connectivity index (χ4v) is 4.06. The molecule has 0 aliphatic heterocycles. The van der Waals surface area contributed by atoms with Gasteiger partial charge in [0.05, 0.1) is 15.8 Å². The predicted molar refractivity (Wildman–Crippen MR) is 126 cm³/mol. The van der Waals surface area contributed by atoms with Gasteiger partial charge >= 0.3 is 0 Å². The number of aryl methyl sites for hydroxylation is 1. The van der Waals surface area contributed by atoms with E-state index in [4.69, 9.17) is 39.2 Å². The molecule has 3 aromatic rings. The molecule has 0 unspecified atom stereocenters. The molecule has 2 amide bonds. The van der Waals surface area contributed by atoms with Gasteiger partial charge in [0.25, 0.3) is 11.8 Å². The number of nitrogens with zero attached hydrogens (tertiary/aromatic N) is 1. The highest BCUT2D eigenvalue weighted by Gasteiger charge is 2.28. The van der Waals surface area contributed by atoms with Crippen LogP contribution in [0.25, 0.3) is 0 Å². The van der Waals surface area contributed by atoms with E-state index in [-0.39, 0.29) is 11.7 Å².